The Morgan fingerprint density at radius 3 is 3.11 bits per heavy atom. The summed E-state index contributed by atoms with van der Waals surface area (Å²) in [5.41, 5.74) is 0.823. The van der Waals surface area contributed by atoms with Gasteiger partial charge in [-0.3, -0.25) is 4.79 Å². The average Bonchev–Trinajstić information content (AvgIpc) is 3.35. The number of anilines is 1. The van der Waals surface area contributed by atoms with Crippen LogP contribution in [-0.4, -0.2) is 63.7 Å². The summed E-state index contributed by atoms with van der Waals surface area (Å²) in [4.78, 5) is 29.8. The van der Waals surface area contributed by atoms with E-state index in [9.17, 15) is 4.79 Å². The van der Waals surface area contributed by atoms with Crippen molar-refractivity contribution in [3.63, 3.8) is 0 Å². The maximum atomic E-state index is 13.1. The Labute approximate surface area is 168 Å². The summed E-state index contributed by atoms with van der Waals surface area (Å²) in [6.45, 7) is 3.63. The molecule has 5 rings (SSSR count). The third-order valence-electron chi connectivity index (χ3n) is 5.64. The third kappa shape index (κ3) is 3.41. The van der Waals surface area contributed by atoms with Crippen molar-refractivity contribution in [2.24, 2.45) is 5.92 Å². The summed E-state index contributed by atoms with van der Waals surface area (Å²) >= 11 is 1.65. The molecule has 5 heterocycles. The van der Waals surface area contributed by atoms with E-state index in [0.717, 1.165) is 66.0 Å². The second-order valence-corrected chi connectivity index (χ2v) is 8.26. The molecule has 0 radical (unpaired) electrons. The molecule has 0 aliphatic carbocycles. The van der Waals surface area contributed by atoms with Gasteiger partial charge in [0.2, 0.25) is 0 Å². The van der Waals surface area contributed by atoms with Gasteiger partial charge in [-0.05, 0) is 31.4 Å². The Balaban J connectivity index is 0.00000180. The van der Waals surface area contributed by atoms with Crippen molar-refractivity contribution in [2.45, 2.75) is 18.9 Å². The zero-order valence-corrected chi connectivity index (χ0v) is 16.6. The van der Waals surface area contributed by atoms with E-state index in [0.29, 0.717) is 6.04 Å². The molecule has 2 aromatic heterocycles. The number of amides is 1. The number of nitrogens with one attached hydrogen (secondary N) is 2. The van der Waals surface area contributed by atoms with Crippen LogP contribution < -0.4 is 10.2 Å². The zero-order valence-electron chi connectivity index (χ0n) is 14.9. The lowest BCUT2D eigenvalue weighted by molar-refractivity contribution is -0.128. The van der Waals surface area contributed by atoms with E-state index in [4.69, 9.17) is 0 Å². The number of aromatic nitrogens is 3. The van der Waals surface area contributed by atoms with Crippen LogP contribution in [0.5, 0.6) is 0 Å². The molecule has 7 nitrogen and oxygen atoms in total. The molecule has 2 atom stereocenters. The fourth-order valence-electron chi connectivity index (χ4n) is 4.24. The molecule has 2 saturated heterocycles. The molecule has 0 aromatic carbocycles. The van der Waals surface area contributed by atoms with Gasteiger partial charge >= 0.3 is 0 Å². The number of aromatic amines is 1. The lowest BCUT2D eigenvalue weighted by Gasteiger charge is -2.36. The molecule has 2 fully saturated rings. The molecule has 27 heavy (non-hydrogen) atoms. The first-order valence-electron chi connectivity index (χ1n) is 9.21. The Morgan fingerprint density at radius 2 is 2.19 bits per heavy atom. The van der Waals surface area contributed by atoms with Crippen LogP contribution in [0.4, 0.5) is 5.82 Å². The van der Waals surface area contributed by atoms with Gasteiger partial charge in [0.15, 0.2) is 0 Å². The molecule has 1 amide bonds. The molecule has 3 aliphatic heterocycles. The van der Waals surface area contributed by atoms with Gasteiger partial charge in [-0.25, -0.2) is 9.97 Å². The van der Waals surface area contributed by atoms with Crippen LogP contribution in [0.3, 0.4) is 0 Å². The van der Waals surface area contributed by atoms with E-state index in [1.807, 2.05) is 23.4 Å². The predicted octanol–water partition coefficient (Wildman–Crippen LogP) is 1.98. The molecule has 0 unspecified atom stereocenters. The zero-order chi connectivity index (χ0) is 17.5. The van der Waals surface area contributed by atoms with Gasteiger partial charge in [-0.1, -0.05) is 0 Å². The van der Waals surface area contributed by atoms with E-state index >= 15 is 0 Å². The first kappa shape index (κ1) is 18.6. The molecule has 2 N–H and O–H groups in total. The Kier molecular flexibility index (Phi) is 5.29. The number of thioether (sulfide) groups is 1. The molecule has 0 spiro atoms. The average molecular weight is 407 g/mol. The molecule has 9 heteroatoms. The molecule has 0 saturated carbocycles. The minimum Gasteiger partial charge on any atom is -0.346 e. The van der Waals surface area contributed by atoms with Crippen molar-refractivity contribution in [1.82, 2.24) is 25.2 Å². The maximum Gasteiger partial charge on any atom is 0.261 e. The van der Waals surface area contributed by atoms with Gasteiger partial charge in [0.25, 0.3) is 5.91 Å². The van der Waals surface area contributed by atoms with Crippen molar-refractivity contribution in [3.05, 3.63) is 29.7 Å². The number of piperidine rings is 1. The predicted molar refractivity (Wildman–Crippen MR) is 110 cm³/mol. The van der Waals surface area contributed by atoms with Gasteiger partial charge in [-0.2, -0.15) is 0 Å². The van der Waals surface area contributed by atoms with Crippen LogP contribution in [0, 0.1) is 5.92 Å². The minimum absolute atomic E-state index is 0. The van der Waals surface area contributed by atoms with Crippen LogP contribution in [0.2, 0.25) is 0 Å². The number of rotatable bonds is 2. The van der Waals surface area contributed by atoms with Gasteiger partial charge in [-0.15, -0.1) is 24.2 Å². The lowest BCUT2D eigenvalue weighted by Crippen LogP contribution is -2.49. The Bertz CT molecular complexity index is 870. The molecule has 0 bridgehead atoms. The highest BCUT2D eigenvalue weighted by atomic mass is 35.5. The van der Waals surface area contributed by atoms with Crippen molar-refractivity contribution in [2.75, 3.05) is 36.8 Å². The number of nitrogens with zero attached hydrogens (tertiary/aromatic N) is 4. The lowest BCUT2D eigenvalue weighted by atomic mass is 9.92. The number of fused-ring (bicyclic) bond motifs is 2. The van der Waals surface area contributed by atoms with Crippen molar-refractivity contribution >= 4 is 46.9 Å². The fraction of sp³-hybridized carbons (Fsp3) is 0.500. The molecule has 3 aliphatic rings. The second kappa shape index (κ2) is 7.69. The van der Waals surface area contributed by atoms with E-state index in [1.165, 1.54) is 6.42 Å². The van der Waals surface area contributed by atoms with Gasteiger partial charge in [0.05, 0.1) is 10.3 Å². The number of likely N-dealkylation sites (tertiary alicyclic amines) is 1. The van der Waals surface area contributed by atoms with Crippen LogP contribution in [0.15, 0.2) is 29.7 Å². The van der Waals surface area contributed by atoms with Gasteiger partial charge < -0.3 is 20.1 Å². The summed E-state index contributed by atoms with van der Waals surface area (Å²) in [5, 5.41) is 4.53. The van der Waals surface area contributed by atoms with E-state index in [-0.39, 0.29) is 18.3 Å². The summed E-state index contributed by atoms with van der Waals surface area (Å²) < 4.78 is 0. The number of hydrogen-bond donors (Lipinski definition) is 2. The van der Waals surface area contributed by atoms with E-state index in [2.05, 4.69) is 25.2 Å². The number of carbonyl (C=O) groups excluding carboxylic acids is 1. The molecule has 144 valence electrons. The SMILES string of the molecule is Cl.O=C(C1=CN(c2ncnc3[nH]ccc23)CCS1)N1CC[C@@H]2CCN[C@@H]2C1. The number of H-pyrrole nitrogens is 1. The monoisotopic (exact) mass is 406 g/mol. The highest BCUT2D eigenvalue weighted by Crippen LogP contribution is 2.32. The van der Waals surface area contributed by atoms with Crippen molar-refractivity contribution in [3.8, 4) is 0 Å². The first-order valence-corrected chi connectivity index (χ1v) is 10.2. The smallest absolute Gasteiger partial charge is 0.261 e. The summed E-state index contributed by atoms with van der Waals surface area (Å²) in [6, 6.07) is 2.46. The van der Waals surface area contributed by atoms with Crippen molar-refractivity contribution in [1.29, 1.82) is 0 Å². The quantitative estimate of drug-likeness (QED) is 0.794. The number of carbonyl (C=O) groups is 1. The van der Waals surface area contributed by atoms with Gasteiger partial charge in [0.1, 0.15) is 17.8 Å². The molecular formula is C18H23ClN6OS. The number of halogens is 1. The highest BCUT2D eigenvalue weighted by molar-refractivity contribution is 8.04. The second-order valence-electron chi connectivity index (χ2n) is 7.12. The number of hydrogen-bond acceptors (Lipinski definition) is 6. The standard InChI is InChI=1S/C18H22N6OS.ClH/c25-18(24-6-3-12-1-4-19-14(12)9-24)15-10-23(7-8-26-15)17-13-2-5-20-16(13)21-11-22-17;/h2,5,10-12,14,19H,1,3-4,6-9H2,(H,20,21,22);1H/t12-,14+;/m0./s1. The third-order valence-corrected chi connectivity index (χ3v) is 6.62. The first-order chi connectivity index (χ1) is 12.8. The fourth-order valence-corrected chi connectivity index (χ4v) is 5.20. The van der Waals surface area contributed by atoms with Gasteiger partial charge in [0, 0.05) is 43.8 Å². The summed E-state index contributed by atoms with van der Waals surface area (Å²) in [5.74, 6) is 2.64. The summed E-state index contributed by atoms with van der Waals surface area (Å²) in [7, 11) is 0. The van der Waals surface area contributed by atoms with Crippen LogP contribution in [0.1, 0.15) is 12.8 Å². The molecular weight excluding hydrogens is 384 g/mol. The maximum absolute atomic E-state index is 13.1. The van der Waals surface area contributed by atoms with Crippen molar-refractivity contribution < 1.29 is 4.79 Å². The Morgan fingerprint density at radius 1 is 1.26 bits per heavy atom. The summed E-state index contributed by atoms with van der Waals surface area (Å²) in [6.07, 6.45) is 7.77. The van der Waals surface area contributed by atoms with Crippen LogP contribution >= 0.6 is 24.2 Å². The van der Waals surface area contributed by atoms with E-state index < -0.39 is 0 Å². The molecule has 2 aromatic rings. The minimum atomic E-state index is 0. The Hall–Kier alpha value is -1.77. The highest BCUT2D eigenvalue weighted by Gasteiger charge is 2.35. The van der Waals surface area contributed by atoms with Crippen LogP contribution in [-0.2, 0) is 4.79 Å². The normalized spacial score (nSPS) is 25.1. The van der Waals surface area contributed by atoms with Crippen LogP contribution in [0.25, 0.3) is 11.0 Å². The largest absolute Gasteiger partial charge is 0.346 e. The topological polar surface area (TPSA) is 77.2 Å². The van der Waals surface area contributed by atoms with E-state index in [1.54, 1.807) is 18.1 Å².